The first-order valence-corrected chi connectivity index (χ1v) is 6.84. The van der Waals surface area contributed by atoms with Crippen molar-refractivity contribution in [1.29, 1.82) is 0 Å². The fourth-order valence-electron chi connectivity index (χ4n) is 2.31. The molecule has 2 rings (SSSR count). The van der Waals surface area contributed by atoms with Crippen LogP contribution in [0.5, 0.6) is 5.75 Å². The molecule has 0 heterocycles. The largest absolute Gasteiger partial charge is 0.497 e. The quantitative estimate of drug-likeness (QED) is 0.877. The van der Waals surface area contributed by atoms with E-state index in [4.69, 9.17) is 10.5 Å². The van der Waals surface area contributed by atoms with Crippen LogP contribution in [0.2, 0.25) is 0 Å². The molecule has 1 unspecified atom stereocenters. The van der Waals surface area contributed by atoms with E-state index in [2.05, 4.69) is 48.3 Å². The van der Waals surface area contributed by atoms with Crippen LogP contribution in [0.3, 0.4) is 0 Å². The van der Waals surface area contributed by atoms with Gasteiger partial charge in [0.2, 0.25) is 0 Å². The molecule has 0 aliphatic heterocycles. The predicted molar refractivity (Wildman–Crippen MR) is 84.5 cm³/mol. The van der Waals surface area contributed by atoms with Crippen molar-refractivity contribution in [3.05, 3.63) is 60.2 Å². The van der Waals surface area contributed by atoms with Crippen molar-refractivity contribution in [3.8, 4) is 5.75 Å². The van der Waals surface area contributed by atoms with Gasteiger partial charge in [0.25, 0.3) is 0 Å². The summed E-state index contributed by atoms with van der Waals surface area (Å²) < 4.78 is 5.18. The number of likely N-dealkylation sites (N-methyl/N-ethyl adjacent to an activating group) is 1. The van der Waals surface area contributed by atoms with Gasteiger partial charge >= 0.3 is 0 Å². The summed E-state index contributed by atoms with van der Waals surface area (Å²) in [6.45, 7) is 1.54. The number of benzene rings is 2. The SMILES string of the molecule is COc1ccc(N(C)CC(CN)c2ccccc2)cc1. The average molecular weight is 270 g/mol. The Kier molecular flexibility index (Phi) is 5.02. The maximum Gasteiger partial charge on any atom is 0.119 e. The van der Waals surface area contributed by atoms with Crippen molar-refractivity contribution in [2.45, 2.75) is 5.92 Å². The fraction of sp³-hybridized carbons (Fsp3) is 0.294. The molecule has 2 aromatic rings. The molecule has 3 heteroatoms. The molecule has 1 atom stereocenters. The summed E-state index contributed by atoms with van der Waals surface area (Å²) in [4.78, 5) is 2.23. The molecule has 0 amide bonds. The lowest BCUT2D eigenvalue weighted by Gasteiger charge is -2.25. The smallest absolute Gasteiger partial charge is 0.119 e. The zero-order chi connectivity index (χ0) is 14.4. The highest BCUT2D eigenvalue weighted by Gasteiger charge is 2.12. The fourth-order valence-corrected chi connectivity index (χ4v) is 2.31. The minimum atomic E-state index is 0.336. The first-order chi connectivity index (χ1) is 9.74. The van der Waals surface area contributed by atoms with Gasteiger partial charge in [0.15, 0.2) is 0 Å². The van der Waals surface area contributed by atoms with Crippen LogP contribution >= 0.6 is 0 Å². The summed E-state index contributed by atoms with van der Waals surface area (Å²) in [6.07, 6.45) is 0. The van der Waals surface area contributed by atoms with Gasteiger partial charge in [-0.15, -0.1) is 0 Å². The molecular formula is C17H22N2O. The molecule has 2 N–H and O–H groups in total. The topological polar surface area (TPSA) is 38.5 Å². The molecule has 0 aliphatic carbocycles. The molecule has 0 aromatic heterocycles. The van der Waals surface area contributed by atoms with Gasteiger partial charge in [-0.1, -0.05) is 30.3 Å². The number of hydrogen-bond donors (Lipinski definition) is 1. The Hall–Kier alpha value is -2.00. The summed E-state index contributed by atoms with van der Waals surface area (Å²) in [7, 11) is 3.77. The molecule has 0 aliphatic rings. The molecule has 0 saturated carbocycles. The van der Waals surface area contributed by atoms with E-state index in [0.29, 0.717) is 12.5 Å². The summed E-state index contributed by atoms with van der Waals surface area (Å²) in [5.74, 6) is 1.21. The molecule has 0 fully saturated rings. The lowest BCUT2D eigenvalue weighted by molar-refractivity contribution is 0.415. The van der Waals surface area contributed by atoms with Gasteiger partial charge in [0.1, 0.15) is 5.75 Å². The van der Waals surface area contributed by atoms with Gasteiger partial charge in [-0.3, -0.25) is 0 Å². The van der Waals surface area contributed by atoms with E-state index >= 15 is 0 Å². The Morgan fingerprint density at radius 2 is 1.70 bits per heavy atom. The lowest BCUT2D eigenvalue weighted by atomic mass is 9.98. The van der Waals surface area contributed by atoms with E-state index in [1.54, 1.807) is 7.11 Å². The van der Waals surface area contributed by atoms with Gasteiger partial charge in [0, 0.05) is 31.7 Å². The number of methoxy groups -OCH3 is 1. The van der Waals surface area contributed by atoms with E-state index in [1.807, 2.05) is 18.2 Å². The van der Waals surface area contributed by atoms with Gasteiger partial charge in [0.05, 0.1) is 7.11 Å². The predicted octanol–water partition coefficient (Wildman–Crippen LogP) is 2.87. The number of nitrogens with two attached hydrogens (primary N) is 1. The van der Waals surface area contributed by atoms with Crippen LogP contribution in [0.1, 0.15) is 11.5 Å². The Balaban J connectivity index is 2.06. The van der Waals surface area contributed by atoms with Crippen LogP contribution in [0, 0.1) is 0 Å². The third-order valence-electron chi connectivity index (χ3n) is 3.56. The molecule has 0 spiro atoms. The highest BCUT2D eigenvalue weighted by Crippen LogP contribution is 2.22. The number of rotatable bonds is 6. The van der Waals surface area contributed by atoms with Gasteiger partial charge in [-0.2, -0.15) is 0 Å². The number of ether oxygens (including phenoxy) is 1. The molecule has 0 radical (unpaired) electrons. The van der Waals surface area contributed by atoms with Crippen LogP contribution in [0.15, 0.2) is 54.6 Å². The van der Waals surface area contributed by atoms with Crippen molar-refractivity contribution in [1.82, 2.24) is 0 Å². The molecule has 3 nitrogen and oxygen atoms in total. The van der Waals surface area contributed by atoms with E-state index in [0.717, 1.165) is 12.3 Å². The summed E-state index contributed by atoms with van der Waals surface area (Å²) in [5, 5.41) is 0. The summed E-state index contributed by atoms with van der Waals surface area (Å²) >= 11 is 0. The van der Waals surface area contributed by atoms with E-state index in [9.17, 15) is 0 Å². The van der Waals surface area contributed by atoms with Crippen molar-refractivity contribution >= 4 is 5.69 Å². The standard InChI is InChI=1S/C17H22N2O/c1-19(16-8-10-17(20-2)11-9-16)13-15(12-18)14-6-4-3-5-7-14/h3-11,15H,12-13,18H2,1-2H3. The van der Waals surface area contributed by atoms with Crippen molar-refractivity contribution < 1.29 is 4.74 Å². The second-order valence-electron chi connectivity index (χ2n) is 4.92. The Morgan fingerprint density at radius 3 is 2.25 bits per heavy atom. The zero-order valence-electron chi connectivity index (χ0n) is 12.1. The lowest BCUT2D eigenvalue weighted by Crippen LogP contribution is -2.28. The highest BCUT2D eigenvalue weighted by atomic mass is 16.5. The first-order valence-electron chi connectivity index (χ1n) is 6.84. The van der Waals surface area contributed by atoms with E-state index in [1.165, 1.54) is 11.3 Å². The average Bonchev–Trinajstić information content (AvgIpc) is 2.53. The van der Waals surface area contributed by atoms with Crippen LogP contribution in [-0.2, 0) is 0 Å². The first kappa shape index (κ1) is 14.4. The van der Waals surface area contributed by atoms with Gasteiger partial charge in [-0.05, 0) is 29.8 Å². The van der Waals surface area contributed by atoms with Crippen molar-refractivity contribution in [2.75, 3.05) is 32.1 Å². The van der Waals surface area contributed by atoms with Gasteiger partial charge in [-0.25, -0.2) is 0 Å². The number of anilines is 1. The van der Waals surface area contributed by atoms with E-state index in [-0.39, 0.29) is 0 Å². The van der Waals surface area contributed by atoms with Crippen LogP contribution in [0.4, 0.5) is 5.69 Å². The third-order valence-corrected chi connectivity index (χ3v) is 3.56. The van der Waals surface area contributed by atoms with E-state index < -0.39 is 0 Å². The molecule has 106 valence electrons. The molecule has 2 aromatic carbocycles. The second kappa shape index (κ2) is 6.96. The Morgan fingerprint density at radius 1 is 1.05 bits per heavy atom. The molecular weight excluding hydrogens is 248 g/mol. The minimum absolute atomic E-state index is 0.336. The maximum atomic E-state index is 5.93. The monoisotopic (exact) mass is 270 g/mol. The maximum absolute atomic E-state index is 5.93. The highest BCUT2D eigenvalue weighted by molar-refractivity contribution is 5.48. The summed E-state index contributed by atoms with van der Waals surface area (Å²) in [6, 6.07) is 18.5. The van der Waals surface area contributed by atoms with Crippen molar-refractivity contribution in [2.24, 2.45) is 5.73 Å². The van der Waals surface area contributed by atoms with Crippen LogP contribution < -0.4 is 15.4 Å². The third kappa shape index (κ3) is 3.52. The van der Waals surface area contributed by atoms with Crippen LogP contribution in [0.25, 0.3) is 0 Å². The summed E-state index contributed by atoms with van der Waals surface area (Å²) in [5.41, 5.74) is 8.38. The molecule has 20 heavy (non-hydrogen) atoms. The normalized spacial score (nSPS) is 11.9. The zero-order valence-corrected chi connectivity index (χ0v) is 12.1. The molecule has 0 bridgehead atoms. The molecule has 0 saturated heterocycles. The van der Waals surface area contributed by atoms with Crippen LogP contribution in [-0.4, -0.2) is 27.2 Å². The Bertz CT molecular complexity index is 510. The van der Waals surface area contributed by atoms with Crippen molar-refractivity contribution in [3.63, 3.8) is 0 Å². The van der Waals surface area contributed by atoms with Gasteiger partial charge < -0.3 is 15.4 Å². The number of hydrogen-bond acceptors (Lipinski definition) is 3. The Labute approximate surface area is 121 Å². The number of nitrogens with zero attached hydrogens (tertiary/aromatic N) is 1. The minimum Gasteiger partial charge on any atom is -0.497 e. The second-order valence-corrected chi connectivity index (χ2v) is 4.92.